The monoisotopic (exact) mass is 234 g/mol. The molecule has 1 aliphatic carbocycles. The third kappa shape index (κ3) is 1.17. The van der Waals surface area contributed by atoms with Crippen molar-refractivity contribution in [2.45, 2.75) is 17.0 Å². The normalized spacial score (nSPS) is 22.9. The Morgan fingerprint density at radius 2 is 2.00 bits per heavy atom. The van der Waals surface area contributed by atoms with Gasteiger partial charge >= 0.3 is 5.92 Å². The number of phenols is 1. The van der Waals surface area contributed by atoms with Gasteiger partial charge in [-0.2, -0.15) is 8.78 Å². The summed E-state index contributed by atoms with van der Waals surface area (Å²) >= 11 is 3.78. The molecule has 0 aliphatic heterocycles. The van der Waals surface area contributed by atoms with E-state index in [2.05, 4.69) is 12.6 Å². The Kier molecular flexibility index (Phi) is 2.01. The van der Waals surface area contributed by atoms with E-state index in [4.69, 9.17) is 0 Å². The highest BCUT2D eigenvalue weighted by Crippen LogP contribution is 2.50. The first kappa shape index (κ1) is 10.4. The number of aromatic hydroxyl groups is 1. The number of carbonyl (C=O) groups is 1. The van der Waals surface area contributed by atoms with Crippen LogP contribution in [0.3, 0.4) is 0 Å². The number of rotatable bonds is 0. The number of carbonyl (C=O) groups excluding carboxylic acids is 1. The predicted molar refractivity (Wildman–Crippen MR) is 48.5 cm³/mol. The van der Waals surface area contributed by atoms with E-state index in [0.717, 1.165) is 6.07 Å². The Bertz CT molecular complexity index is 459. The van der Waals surface area contributed by atoms with Crippen LogP contribution in [0.5, 0.6) is 5.75 Å². The van der Waals surface area contributed by atoms with Crippen molar-refractivity contribution in [2.24, 2.45) is 0 Å². The average Bonchev–Trinajstić information content (AvgIpc) is 2.35. The Balaban J connectivity index is 2.78. The molecular formula is C9H5F3O2S. The van der Waals surface area contributed by atoms with Gasteiger partial charge in [0.2, 0.25) is 12.0 Å². The number of hydrogen-bond donors (Lipinski definition) is 2. The zero-order valence-corrected chi connectivity index (χ0v) is 8.06. The summed E-state index contributed by atoms with van der Waals surface area (Å²) < 4.78 is 39.2. The van der Waals surface area contributed by atoms with Crippen LogP contribution in [0, 0.1) is 0 Å². The van der Waals surface area contributed by atoms with Crippen molar-refractivity contribution in [3.05, 3.63) is 23.3 Å². The lowest BCUT2D eigenvalue weighted by atomic mass is 10.1. The van der Waals surface area contributed by atoms with Crippen molar-refractivity contribution in [3.63, 3.8) is 0 Å². The smallest absolute Gasteiger partial charge is 0.344 e. The van der Waals surface area contributed by atoms with E-state index in [1.54, 1.807) is 0 Å². The van der Waals surface area contributed by atoms with Gasteiger partial charge in [-0.1, -0.05) is 0 Å². The van der Waals surface area contributed by atoms with E-state index in [1.165, 1.54) is 6.07 Å². The second-order valence-corrected chi connectivity index (χ2v) is 3.69. The first-order valence-electron chi connectivity index (χ1n) is 3.99. The number of Topliss-reactive ketones (excluding diaryl/α,β-unsaturated/α-hetero) is 1. The van der Waals surface area contributed by atoms with Gasteiger partial charge in [-0.3, -0.25) is 4.79 Å². The highest BCUT2D eigenvalue weighted by molar-refractivity contribution is 7.80. The van der Waals surface area contributed by atoms with Crippen LogP contribution in [0.1, 0.15) is 22.1 Å². The molecule has 1 aliphatic rings. The van der Waals surface area contributed by atoms with Crippen LogP contribution < -0.4 is 0 Å². The molecule has 0 saturated heterocycles. The first-order chi connectivity index (χ1) is 6.87. The zero-order chi connectivity index (χ0) is 11.4. The highest BCUT2D eigenvalue weighted by atomic mass is 32.1. The summed E-state index contributed by atoms with van der Waals surface area (Å²) in [5.41, 5.74) is -1.20. The maximum absolute atomic E-state index is 13.2. The Hall–Kier alpha value is -1.17. The molecule has 0 heterocycles. The standard InChI is InChI=1S/C9H5F3O2S/c10-7-5-3(13)1-2-4(15)6(5)8(14)9(7,11)12/h1-2,7,13,15H. The third-order valence-electron chi connectivity index (χ3n) is 2.30. The van der Waals surface area contributed by atoms with Crippen LogP contribution in [0.15, 0.2) is 17.0 Å². The zero-order valence-electron chi connectivity index (χ0n) is 7.17. The molecule has 80 valence electrons. The molecule has 1 aromatic rings. The molecule has 0 spiro atoms. The molecule has 0 bridgehead atoms. The number of phenolic OH excluding ortho intramolecular Hbond substituents is 1. The second kappa shape index (κ2) is 2.91. The Morgan fingerprint density at radius 1 is 1.40 bits per heavy atom. The van der Waals surface area contributed by atoms with Crippen molar-refractivity contribution >= 4 is 18.4 Å². The highest BCUT2D eigenvalue weighted by Gasteiger charge is 2.58. The van der Waals surface area contributed by atoms with Crippen LogP contribution in [0.4, 0.5) is 13.2 Å². The summed E-state index contributed by atoms with van der Waals surface area (Å²) in [6.07, 6.45) is -2.80. The lowest BCUT2D eigenvalue weighted by Gasteiger charge is -2.09. The van der Waals surface area contributed by atoms with Gasteiger partial charge in [0, 0.05) is 16.0 Å². The van der Waals surface area contributed by atoms with Crippen molar-refractivity contribution in [1.82, 2.24) is 0 Å². The van der Waals surface area contributed by atoms with Crippen LogP contribution >= 0.6 is 12.6 Å². The molecule has 1 atom stereocenters. The minimum Gasteiger partial charge on any atom is -0.508 e. The van der Waals surface area contributed by atoms with Crippen molar-refractivity contribution < 1.29 is 23.1 Å². The molecule has 1 unspecified atom stereocenters. The molecule has 0 saturated carbocycles. The van der Waals surface area contributed by atoms with E-state index in [0.29, 0.717) is 0 Å². The molecule has 1 aromatic carbocycles. The predicted octanol–water partition coefficient (Wildman–Crippen LogP) is 2.52. The number of hydrogen-bond acceptors (Lipinski definition) is 3. The Morgan fingerprint density at radius 3 is 2.53 bits per heavy atom. The van der Waals surface area contributed by atoms with Crippen LogP contribution in [-0.4, -0.2) is 16.8 Å². The second-order valence-electron chi connectivity index (χ2n) is 3.21. The Labute approximate surface area is 88.1 Å². The number of alkyl halides is 3. The van der Waals surface area contributed by atoms with Gasteiger partial charge in [0.25, 0.3) is 0 Å². The molecule has 0 aromatic heterocycles. The minimum absolute atomic E-state index is 0.0624. The summed E-state index contributed by atoms with van der Waals surface area (Å²) in [4.78, 5) is 11.1. The van der Waals surface area contributed by atoms with Gasteiger partial charge in [0.1, 0.15) is 5.75 Å². The van der Waals surface area contributed by atoms with Gasteiger partial charge in [-0.25, -0.2) is 4.39 Å². The maximum Gasteiger partial charge on any atom is 0.344 e. The van der Waals surface area contributed by atoms with Crippen LogP contribution in [0.2, 0.25) is 0 Å². The van der Waals surface area contributed by atoms with Crippen molar-refractivity contribution in [1.29, 1.82) is 0 Å². The average molecular weight is 234 g/mol. The summed E-state index contributed by atoms with van der Waals surface area (Å²) in [5, 5.41) is 9.22. The molecule has 0 fully saturated rings. The van der Waals surface area contributed by atoms with Gasteiger partial charge in [0.05, 0.1) is 0 Å². The van der Waals surface area contributed by atoms with Gasteiger partial charge in [0.15, 0.2) is 0 Å². The topological polar surface area (TPSA) is 37.3 Å². The SMILES string of the molecule is O=C1c2c(S)ccc(O)c2C(F)C1(F)F. The number of thiol groups is 1. The fourth-order valence-corrected chi connectivity index (χ4v) is 1.85. The van der Waals surface area contributed by atoms with Gasteiger partial charge in [-0.15, -0.1) is 12.6 Å². The van der Waals surface area contributed by atoms with E-state index in [1.807, 2.05) is 0 Å². The van der Waals surface area contributed by atoms with E-state index >= 15 is 0 Å². The summed E-state index contributed by atoms with van der Waals surface area (Å²) in [7, 11) is 0. The fraction of sp³-hybridized carbons (Fsp3) is 0.222. The fourth-order valence-electron chi connectivity index (χ4n) is 1.56. The number of ketones is 1. The van der Waals surface area contributed by atoms with Crippen LogP contribution in [-0.2, 0) is 0 Å². The summed E-state index contributed by atoms with van der Waals surface area (Å²) in [6, 6.07) is 2.20. The summed E-state index contributed by atoms with van der Waals surface area (Å²) in [6.45, 7) is 0. The molecular weight excluding hydrogens is 229 g/mol. The number of benzene rings is 1. The van der Waals surface area contributed by atoms with E-state index in [9.17, 15) is 23.1 Å². The molecule has 2 nitrogen and oxygen atoms in total. The van der Waals surface area contributed by atoms with Gasteiger partial charge in [-0.05, 0) is 12.1 Å². The quantitative estimate of drug-likeness (QED) is 0.677. The van der Waals surface area contributed by atoms with E-state index in [-0.39, 0.29) is 4.90 Å². The van der Waals surface area contributed by atoms with Crippen molar-refractivity contribution in [3.8, 4) is 5.75 Å². The maximum atomic E-state index is 13.2. The number of halogens is 3. The molecule has 2 rings (SSSR count). The third-order valence-corrected chi connectivity index (χ3v) is 2.67. The largest absolute Gasteiger partial charge is 0.508 e. The lowest BCUT2D eigenvalue weighted by Crippen LogP contribution is -2.26. The van der Waals surface area contributed by atoms with Gasteiger partial charge < -0.3 is 5.11 Å². The molecule has 0 radical (unpaired) electrons. The molecule has 1 N–H and O–H groups in total. The molecule has 6 heteroatoms. The lowest BCUT2D eigenvalue weighted by molar-refractivity contribution is -0.0369. The van der Waals surface area contributed by atoms with E-state index < -0.39 is 34.8 Å². The van der Waals surface area contributed by atoms with Crippen molar-refractivity contribution in [2.75, 3.05) is 0 Å². The van der Waals surface area contributed by atoms with Crippen LogP contribution in [0.25, 0.3) is 0 Å². The minimum atomic E-state index is -4.11. The first-order valence-corrected chi connectivity index (χ1v) is 4.43. The molecule has 15 heavy (non-hydrogen) atoms. The molecule has 0 amide bonds. The summed E-state index contributed by atoms with van der Waals surface area (Å²) in [5.74, 6) is -6.40. The number of fused-ring (bicyclic) bond motifs is 1.